The minimum absolute atomic E-state index is 0.102. The zero-order valence-corrected chi connectivity index (χ0v) is 21.4. The molecule has 1 heterocycles. The lowest BCUT2D eigenvalue weighted by Gasteiger charge is -2.40. The molecule has 0 spiro atoms. The van der Waals surface area contributed by atoms with Crippen molar-refractivity contribution in [1.82, 2.24) is 0 Å². The number of benzene rings is 3. The Labute approximate surface area is 212 Å². The zero-order chi connectivity index (χ0) is 25.4. The van der Waals surface area contributed by atoms with Gasteiger partial charge in [0.2, 0.25) is 0 Å². The summed E-state index contributed by atoms with van der Waals surface area (Å²) in [5, 5.41) is 5.88. The predicted molar refractivity (Wildman–Crippen MR) is 143 cm³/mol. The van der Waals surface area contributed by atoms with Gasteiger partial charge in [-0.05, 0) is 65.3 Å². The number of carbonyl (C=O) groups is 2. The SMILES string of the molecule is CCCC(=O)Oc1ccc([C@@H]2C3=C(CC(C)(C)CC3=O)Nc3ccc4ccccc4c32)cc1OCC. The monoisotopic (exact) mass is 483 g/mol. The van der Waals surface area contributed by atoms with Crippen molar-refractivity contribution < 1.29 is 19.1 Å². The fraction of sp³-hybridized carbons (Fsp3) is 0.355. The average molecular weight is 484 g/mol. The number of fused-ring (bicyclic) bond motifs is 3. The van der Waals surface area contributed by atoms with Gasteiger partial charge in [0, 0.05) is 35.7 Å². The summed E-state index contributed by atoms with van der Waals surface area (Å²) >= 11 is 0. The third kappa shape index (κ3) is 4.39. The molecule has 36 heavy (non-hydrogen) atoms. The van der Waals surface area contributed by atoms with Gasteiger partial charge in [-0.3, -0.25) is 9.59 Å². The number of ether oxygens (including phenoxy) is 2. The first-order valence-electron chi connectivity index (χ1n) is 12.8. The molecule has 3 aromatic rings. The molecule has 5 nitrogen and oxygen atoms in total. The van der Waals surface area contributed by atoms with Crippen molar-refractivity contribution in [2.45, 2.75) is 59.3 Å². The summed E-state index contributed by atoms with van der Waals surface area (Å²) in [6.45, 7) is 8.59. The van der Waals surface area contributed by atoms with E-state index in [1.165, 1.54) is 0 Å². The maximum absolute atomic E-state index is 13.7. The second-order valence-corrected chi connectivity index (χ2v) is 10.5. The Kier molecular flexibility index (Phi) is 6.33. The zero-order valence-electron chi connectivity index (χ0n) is 21.4. The van der Waals surface area contributed by atoms with Crippen LogP contribution in [0.2, 0.25) is 0 Å². The summed E-state index contributed by atoms with van der Waals surface area (Å²) in [6, 6.07) is 18.3. The second kappa shape index (κ2) is 9.45. The third-order valence-electron chi connectivity index (χ3n) is 7.03. The molecule has 0 bridgehead atoms. The van der Waals surface area contributed by atoms with Gasteiger partial charge in [0.05, 0.1) is 6.61 Å². The highest BCUT2D eigenvalue weighted by molar-refractivity contribution is 6.04. The Balaban J connectivity index is 1.71. The summed E-state index contributed by atoms with van der Waals surface area (Å²) in [6.07, 6.45) is 2.38. The van der Waals surface area contributed by atoms with Crippen molar-refractivity contribution in [3.8, 4) is 11.5 Å². The van der Waals surface area contributed by atoms with Crippen LogP contribution in [0.3, 0.4) is 0 Å². The van der Waals surface area contributed by atoms with Crippen LogP contribution in [0.15, 0.2) is 65.9 Å². The number of hydrogen-bond acceptors (Lipinski definition) is 5. The number of anilines is 1. The first kappa shape index (κ1) is 24.1. The Bertz CT molecular complexity index is 1380. The van der Waals surface area contributed by atoms with Crippen LogP contribution in [0, 0.1) is 5.41 Å². The Hall–Kier alpha value is -3.60. The van der Waals surface area contributed by atoms with E-state index in [1.54, 1.807) is 6.07 Å². The van der Waals surface area contributed by atoms with Gasteiger partial charge in [-0.15, -0.1) is 0 Å². The standard InChI is InChI=1S/C31H33NO4/c1-5-9-27(34)36-25-15-13-20(16-26(25)35-6-2)28-29-21-11-8-7-10-19(21)12-14-22(29)32-23-17-31(3,4)18-24(33)30(23)28/h7-8,10-16,28,32H,5-6,9,17-18H2,1-4H3/t28-/m0/s1. The van der Waals surface area contributed by atoms with Gasteiger partial charge in [-0.2, -0.15) is 0 Å². The van der Waals surface area contributed by atoms with E-state index in [4.69, 9.17) is 9.47 Å². The topological polar surface area (TPSA) is 64.6 Å². The summed E-state index contributed by atoms with van der Waals surface area (Å²) in [7, 11) is 0. The van der Waals surface area contributed by atoms with Crippen LogP contribution >= 0.6 is 0 Å². The molecule has 3 aromatic carbocycles. The van der Waals surface area contributed by atoms with Crippen molar-refractivity contribution >= 4 is 28.2 Å². The molecule has 0 unspecified atom stereocenters. The van der Waals surface area contributed by atoms with Gasteiger partial charge >= 0.3 is 5.97 Å². The van der Waals surface area contributed by atoms with E-state index < -0.39 is 0 Å². The predicted octanol–water partition coefficient (Wildman–Crippen LogP) is 7.14. The largest absolute Gasteiger partial charge is 0.490 e. The molecule has 5 rings (SSSR count). The van der Waals surface area contributed by atoms with Gasteiger partial charge in [-0.25, -0.2) is 0 Å². The molecule has 0 saturated carbocycles. The van der Waals surface area contributed by atoms with E-state index in [0.29, 0.717) is 30.9 Å². The van der Waals surface area contributed by atoms with Crippen LogP contribution in [0.4, 0.5) is 5.69 Å². The summed E-state index contributed by atoms with van der Waals surface area (Å²) in [4.78, 5) is 25.9. The van der Waals surface area contributed by atoms with Gasteiger partial charge < -0.3 is 14.8 Å². The lowest BCUT2D eigenvalue weighted by atomic mass is 9.68. The van der Waals surface area contributed by atoms with Crippen LogP contribution in [0.1, 0.15) is 70.4 Å². The normalized spacial score (nSPS) is 18.3. The molecule has 0 amide bonds. The van der Waals surface area contributed by atoms with Crippen molar-refractivity contribution in [2.75, 3.05) is 11.9 Å². The number of nitrogens with one attached hydrogen (secondary N) is 1. The molecular weight excluding hydrogens is 450 g/mol. The highest BCUT2D eigenvalue weighted by Gasteiger charge is 2.41. The van der Waals surface area contributed by atoms with Crippen LogP contribution in [-0.2, 0) is 9.59 Å². The number of hydrogen-bond donors (Lipinski definition) is 1. The van der Waals surface area contributed by atoms with Crippen molar-refractivity contribution in [1.29, 1.82) is 0 Å². The minimum atomic E-state index is -0.279. The second-order valence-electron chi connectivity index (χ2n) is 10.5. The Morgan fingerprint density at radius 3 is 2.61 bits per heavy atom. The Morgan fingerprint density at radius 2 is 1.83 bits per heavy atom. The maximum Gasteiger partial charge on any atom is 0.311 e. The first-order chi connectivity index (χ1) is 17.3. The van der Waals surface area contributed by atoms with E-state index in [1.807, 2.05) is 38.1 Å². The number of allylic oxidation sites excluding steroid dienone is 2. The fourth-order valence-corrected chi connectivity index (χ4v) is 5.57. The van der Waals surface area contributed by atoms with Crippen molar-refractivity contribution in [2.24, 2.45) is 5.41 Å². The van der Waals surface area contributed by atoms with Crippen LogP contribution < -0.4 is 14.8 Å². The van der Waals surface area contributed by atoms with Crippen LogP contribution in [0.25, 0.3) is 10.8 Å². The van der Waals surface area contributed by atoms with E-state index in [2.05, 4.69) is 43.4 Å². The van der Waals surface area contributed by atoms with E-state index in [9.17, 15) is 9.59 Å². The van der Waals surface area contributed by atoms with Gasteiger partial charge in [0.1, 0.15) is 0 Å². The van der Waals surface area contributed by atoms with E-state index in [0.717, 1.165) is 51.7 Å². The number of esters is 1. The number of carbonyl (C=O) groups excluding carboxylic acids is 2. The molecule has 5 heteroatoms. The fourth-order valence-electron chi connectivity index (χ4n) is 5.57. The maximum atomic E-state index is 13.7. The molecule has 1 atom stereocenters. The van der Waals surface area contributed by atoms with E-state index >= 15 is 0 Å². The van der Waals surface area contributed by atoms with Gasteiger partial charge in [0.15, 0.2) is 17.3 Å². The molecule has 1 aliphatic heterocycles. The highest BCUT2D eigenvalue weighted by atomic mass is 16.6. The molecule has 2 aliphatic rings. The smallest absolute Gasteiger partial charge is 0.311 e. The number of Topliss-reactive ketones (excluding diaryl/α,β-unsaturated/α-hetero) is 1. The van der Waals surface area contributed by atoms with Crippen molar-refractivity contribution in [3.63, 3.8) is 0 Å². The Morgan fingerprint density at radius 1 is 1.03 bits per heavy atom. The molecular formula is C31H33NO4. The van der Waals surface area contributed by atoms with Crippen LogP contribution in [-0.4, -0.2) is 18.4 Å². The number of rotatable bonds is 6. The third-order valence-corrected chi connectivity index (χ3v) is 7.03. The molecule has 0 aromatic heterocycles. The molecule has 0 saturated heterocycles. The van der Waals surface area contributed by atoms with Gasteiger partial charge in [0.25, 0.3) is 0 Å². The molecule has 1 aliphatic carbocycles. The lowest BCUT2D eigenvalue weighted by Crippen LogP contribution is -2.33. The lowest BCUT2D eigenvalue weighted by molar-refractivity contribution is -0.134. The van der Waals surface area contributed by atoms with Crippen LogP contribution in [0.5, 0.6) is 11.5 Å². The molecule has 0 fully saturated rings. The van der Waals surface area contributed by atoms with Crippen molar-refractivity contribution in [3.05, 3.63) is 77.0 Å². The quantitative estimate of drug-likeness (QED) is 0.298. The number of ketones is 1. The first-order valence-corrected chi connectivity index (χ1v) is 12.8. The molecule has 186 valence electrons. The molecule has 0 radical (unpaired) electrons. The van der Waals surface area contributed by atoms with Gasteiger partial charge in [-0.1, -0.05) is 57.2 Å². The highest BCUT2D eigenvalue weighted by Crippen LogP contribution is 2.51. The summed E-state index contributed by atoms with van der Waals surface area (Å²) in [5.74, 6) is 0.584. The molecule has 1 N–H and O–H groups in total. The minimum Gasteiger partial charge on any atom is -0.490 e. The summed E-state index contributed by atoms with van der Waals surface area (Å²) in [5.41, 5.74) is 4.80. The average Bonchev–Trinajstić information content (AvgIpc) is 2.83. The van der Waals surface area contributed by atoms with E-state index in [-0.39, 0.29) is 23.1 Å². The summed E-state index contributed by atoms with van der Waals surface area (Å²) < 4.78 is 11.5.